The Morgan fingerprint density at radius 2 is 2.25 bits per heavy atom. The van der Waals surface area contributed by atoms with Crippen molar-refractivity contribution in [1.29, 1.82) is 0 Å². The highest BCUT2D eigenvalue weighted by atomic mass is 35.5. The van der Waals surface area contributed by atoms with Gasteiger partial charge in [-0.3, -0.25) is 9.88 Å². The lowest BCUT2D eigenvalue weighted by molar-refractivity contribution is 0.153. The van der Waals surface area contributed by atoms with Gasteiger partial charge < -0.3 is 5.32 Å². The molecule has 1 N–H and O–H groups in total. The first-order valence-electron chi connectivity index (χ1n) is 7.69. The predicted molar refractivity (Wildman–Crippen MR) is 97.1 cm³/mol. The minimum absolute atomic E-state index is 0. The van der Waals surface area contributed by atoms with E-state index in [2.05, 4.69) is 26.3 Å². The van der Waals surface area contributed by atoms with Crippen LogP contribution in [-0.2, 0) is 6.54 Å². The second kappa shape index (κ2) is 7.53. The minimum Gasteiger partial charge on any atom is -0.314 e. The van der Waals surface area contributed by atoms with Crippen molar-refractivity contribution in [3.63, 3.8) is 0 Å². The van der Waals surface area contributed by atoms with Crippen molar-refractivity contribution in [3.8, 4) is 0 Å². The summed E-state index contributed by atoms with van der Waals surface area (Å²) in [6.07, 6.45) is 3.73. The maximum Gasteiger partial charge on any atom is 0.124 e. The van der Waals surface area contributed by atoms with Gasteiger partial charge in [0, 0.05) is 38.1 Å². The molecule has 1 aliphatic heterocycles. The summed E-state index contributed by atoms with van der Waals surface area (Å²) in [5.41, 5.74) is 2.09. The molecule has 4 rings (SSSR count). The summed E-state index contributed by atoms with van der Waals surface area (Å²) in [5.74, 6) is -0.205. The van der Waals surface area contributed by atoms with Gasteiger partial charge in [0.05, 0.1) is 16.8 Å². The fourth-order valence-electron chi connectivity index (χ4n) is 3.02. The van der Waals surface area contributed by atoms with E-state index in [1.807, 2.05) is 12.3 Å². The van der Waals surface area contributed by atoms with E-state index in [4.69, 9.17) is 0 Å². The molecule has 1 atom stereocenters. The Hall–Kier alpha value is -1.60. The molecule has 0 radical (unpaired) electrons. The lowest BCUT2D eigenvalue weighted by Crippen LogP contribution is -2.45. The van der Waals surface area contributed by atoms with Crippen LogP contribution in [0.1, 0.15) is 16.6 Å². The number of rotatable bonds is 3. The molecule has 0 spiro atoms. The smallest absolute Gasteiger partial charge is 0.124 e. The van der Waals surface area contributed by atoms with Crippen LogP contribution in [-0.4, -0.2) is 34.5 Å². The van der Waals surface area contributed by atoms with Crippen molar-refractivity contribution in [1.82, 2.24) is 20.2 Å². The molecule has 3 aromatic rings. The van der Waals surface area contributed by atoms with E-state index in [1.54, 1.807) is 29.7 Å². The number of hydrogen-bond donors (Lipinski definition) is 1. The Morgan fingerprint density at radius 3 is 3.08 bits per heavy atom. The molecular formula is C17H18ClFN4S. The number of hydrogen-bond acceptors (Lipinski definition) is 5. The highest BCUT2D eigenvalue weighted by molar-refractivity contribution is 7.18. The first-order chi connectivity index (χ1) is 11.3. The Bertz CT molecular complexity index is 811. The average Bonchev–Trinajstić information content (AvgIpc) is 2.97. The quantitative estimate of drug-likeness (QED) is 0.773. The van der Waals surface area contributed by atoms with Crippen LogP contribution in [0.2, 0.25) is 0 Å². The molecule has 2 aromatic heterocycles. The molecule has 126 valence electrons. The second-order valence-corrected chi connectivity index (χ2v) is 6.81. The van der Waals surface area contributed by atoms with Gasteiger partial charge in [-0.2, -0.15) is 0 Å². The molecule has 0 bridgehead atoms. The molecule has 7 heteroatoms. The van der Waals surface area contributed by atoms with Crippen molar-refractivity contribution in [2.45, 2.75) is 12.6 Å². The Labute approximate surface area is 150 Å². The number of thiazole rings is 1. The maximum atomic E-state index is 13.3. The van der Waals surface area contributed by atoms with Crippen molar-refractivity contribution in [2.75, 3.05) is 19.6 Å². The third-order valence-corrected chi connectivity index (χ3v) is 5.16. The largest absolute Gasteiger partial charge is 0.314 e. The van der Waals surface area contributed by atoms with Gasteiger partial charge in [0.25, 0.3) is 0 Å². The molecule has 1 fully saturated rings. The SMILES string of the molecule is Cl.Fc1ccc2nc(CN3CCNCC3c3cccnc3)sc2c1. The van der Waals surface area contributed by atoms with Gasteiger partial charge in [-0.25, -0.2) is 9.37 Å². The summed E-state index contributed by atoms with van der Waals surface area (Å²) in [5, 5.41) is 4.48. The first kappa shape index (κ1) is 17.2. The number of nitrogens with zero attached hydrogens (tertiary/aromatic N) is 3. The highest BCUT2D eigenvalue weighted by Crippen LogP contribution is 2.28. The Kier molecular flexibility index (Phi) is 5.40. The molecule has 0 aliphatic carbocycles. The van der Waals surface area contributed by atoms with Crippen molar-refractivity contribution >= 4 is 34.0 Å². The fraction of sp³-hybridized carbons (Fsp3) is 0.294. The molecule has 1 aliphatic rings. The van der Waals surface area contributed by atoms with Crippen LogP contribution >= 0.6 is 23.7 Å². The molecular weight excluding hydrogens is 347 g/mol. The van der Waals surface area contributed by atoms with Gasteiger partial charge in [-0.05, 0) is 29.8 Å². The van der Waals surface area contributed by atoms with Crippen molar-refractivity contribution in [2.24, 2.45) is 0 Å². The predicted octanol–water partition coefficient (Wildman–Crippen LogP) is 3.40. The summed E-state index contributed by atoms with van der Waals surface area (Å²) in [4.78, 5) is 11.3. The summed E-state index contributed by atoms with van der Waals surface area (Å²) in [7, 11) is 0. The van der Waals surface area contributed by atoms with E-state index in [9.17, 15) is 4.39 Å². The molecule has 3 heterocycles. The second-order valence-electron chi connectivity index (χ2n) is 5.70. The molecule has 0 amide bonds. The third kappa shape index (κ3) is 3.57. The first-order valence-corrected chi connectivity index (χ1v) is 8.51. The van der Waals surface area contributed by atoms with E-state index >= 15 is 0 Å². The zero-order chi connectivity index (χ0) is 15.6. The molecule has 0 saturated carbocycles. The lowest BCUT2D eigenvalue weighted by Gasteiger charge is -2.35. The maximum absolute atomic E-state index is 13.3. The molecule has 1 unspecified atom stereocenters. The van der Waals surface area contributed by atoms with Gasteiger partial charge in [0.1, 0.15) is 10.8 Å². The molecule has 1 aromatic carbocycles. The Balaban J connectivity index is 0.00000169. The van der Waals surface area contributed by atoms with Gasteiger partial charge in [0.15, 0.2) is 0 Å². The average molecular weight is 365 g/mol. The van der Waals surface area contributed by atoms with E-state index in [0.717, 1.165) is 41.4 Å². The number of halogens is 2. The topological polar surface area (TPSA) is 41.1 Å². The van der Waals surface area contributed by atoms with Gasteiger partial charge in [0.2, 0.25) is 0 Å². The van der Waals surface area contributed by atoms with Crippen LogP contribution in [0.15, 0.2) is 42.7 Å². The summed E-state index contributed by atoms with van der Waals surface area (Å²) >= 11 is 1.57. The number of fused-ring (bicyclic) bond motifs is 1. The van der Waals surface area contributed by atoms with Crippen LogP contribution in [0, 0.1) is 5.82 Å². The number of aromatic nitrogens is 2. The number of benzene rings is 1. The van der Waals surface area contributed by atoms with Gasteiger partial charge >= 0.3 is 0 Å². The summed E-state index contributed by atoms with van der Waals surface area (Å²) < 4.78 is 14.3. The lowest BCUT2D eigenvalue weighted by atomic mass is 10.1. The standard InChI is InChI=1S/C17H17FN4S.ClH/c18-13-3-4-14-16(8-13)23-17(21-14)11-22-7-6-20-10-15(22)12-2-1-5-19-9-12;/h1-5,8-9,15,20H,6-7,10-11H2;1H. The zero-order valence-electron chi connectivity index (χ0n) is 13.0. The van der Waals surface area contributed by atoms with E-state index in [0.29, 0.717) is 6.04 Å². The zero-order valence-corrected chi connectivity index (χ0v) is 14.6. The van der Waals surface area contributed by atoms with Gasteiger partial charge in [-0.1, -0.05) is 6.07 Å². The summed E-state index contributed by atoms with van der Waals surface area (Å²) in [6.45, 7) is 3.62. The number of pyridine rings is 1. The minimum atomic E-state index is -0.205. The van der Waals surface area contributed by atoms with Crippen LogP contribution < -0.4 is 5.32 Å². The van der Waals surface area contributed by atoms with Gasteiger partial charge in [-0.15, -0.1) is 23.7 Å². The third-order valence-electron chi connectivity index (χ3n) is 4.16. The fourth-order valence-corrected chi connectivity index (χ4v) is 4.04. The normalized spacial score (nSPS) is 18.5. The number of piperazine rings is 1. The van der Waals surface area contributed by atoms with Crippen molar-refractivity contribution < 1.29 is 4.39 Å². The Morgan fingerprint density at radius 1 is 1.33 bits per heavy atom. The van der Waals surface area contributed by atoms with Crippen LogP contribution in [0.25, 0.3) is 10.2 Å². The highest BCUT2D eigenvalue weighted by Gasteiger charge is 2.24. The molecule has 1 saturated heterocycles. The van der Waals surface area contributed by atoms with E-state index < -0.39 is 0 Å². The van der Waals surface area contributed by atoms with Crippen LogP contribution in [0.5, 0.6) is 0 Å². The van der Waals surface area contributed by atoms with Crippen molar-refractivity contribution in [3.05, 3.63) is 59.1 Å². The molecule has 4 nitrogen and oxygen atoms in total. The summed E-state index contributed by atoms with van der Waals surface area (Å²) in [6, 6.07) is 9.16. The monoisotopic (exact) mass is 364 g/mol. The molecule has 24 heavy (non-hydrogen) atoms. The van der Waals surface area contributed by atoms with E-state index in [1.165, 1.54) is 11.6 Å². The van der Waals surface area contributed by atoms with Crippen LogP contribution in [0.4, 0.5) is 4.39 Å². The van der Waals surface area contributed by atoms with E-state index in [-0.39, 0.29) is 18.2 Å². The number of nitrogens with one attached hydrogen (secondary N) is 1. The van der Waals surface area contributed by atoms with Crippen LogP contribution in [0.3, 0.4) is 0 Å².